The third-order valence-electron chi connectivity index (χ3n) is 1.36. The van der Waals surface area contributed by atoms with E-state index in [1.165, 1.54) is 6.61 Å². The highest BCUT2D eigenvalue weighted by atomic mass is 31.0. The molecule has 0 spiro atoms. The van der Waals surface area contributed by atoms with Crippen molar-refractivity contribution in [3.8, 4) is 0 Å². The zero-order valence-electron chi connectivity index (χ0n) is 4.90. The Kier molecular flexibility index (Phi) is 2.42. The molecule has 3 nitrogen and oxygen atoms in total. The summed E-state index contributed by atoms with van der Waals surface area (Å²) in [6.07, 6.45) is -1.16. The van der Waals surface area contributed by atoms with Crippen molar-refractivity contribution in [2.75, 3.05) is 6.16 Å². The summed E-state index contributed by atoms with van der Waals surface area (Å²) in [7, 11) is 2.45. The highest BCUT2D eigenvalue weighted by molar-refractivity contribution is 7.16. The number of hydrogen-bond donors (Lipinski definition) is 2. The summed E-state index contributed by atoms with van der Waals surface area (Å²) in [4.78, 5) is 0. The van der Waals surface area contributed by atoms with Crippen LogP contribution in [0.1, 0.15) is 0 Å². The fraction of sp³-hybridized carbons (Fsp3) is 0.800. The first-order valence-corrected chi connectivity index (χ1v) is 3.62. The fourth-order valence-electron chi connectivity index (χ4n) is 0.757. The molecule has 1 unspecified atom stereocenters. The van der Waals surface area contributed by atoms with Crippen LogP contribution in [-0.2, 0) is 4.74 Å². The Hall–Kier alpha value is 0.310. The van der Waals surface area contributed by atoms with Gasteiger partial charge in [0.25, 0.3) is 0 Å². The van der Waals surface area contributed by atoms with Gasteiger partial charge in [-0.2, -0.15) is 0 Å². The van der Waals surface area contributed by atoms with E-state index in [1.54, 1.807) is 0 Å². The first kappa shape index (κ1) is 7.42. The predicted molar refractivity (Wildman–Crippen MR) is 35.8 cm³/mol. The molecule has 1 heterocycles. The van der Waals surface area contributed by atoms with Crippen LogP contribution in [0.2, 0.25) is 0 Å². The maximum Gasteiger partial charge on any atom is 0.115 e. The molecule has 1 fully saturated rings. The Balaban J connectivity index is 2.41. The van der Waals surface area contributed by atoms with Crippen molar-refractivity contribution in [3.63, 3.8) is 0 Å². The Bertz CT molecular complexity index is 98.2. The topological polar surface area (TPSA) is 49.7 Å². The second kappa shape index (κ2) is 2.93. The van der Waals surface area contributed by atoms with E-state index in [0.29, 0.717) is 6.16 Å². The molecule has 0 amide bonds. The van der Waals surface area contributed by atoms with Gasteiger partial charge in [0.2, 0.25) is 0 Å². The molecule has 0 aromatic rings. The molecule has 1 rings (SSSR count). The molecule has 9 heavy (non-hydrogen) atoms. The molecule has 0 saturated carbocycles. The third kappa shape index (κ3) is 1.41. The van der Waals surface area contributed by atoms with E-state index in [0.717, 1.165) is 0 Å². The van der Waals surface area contributed by atoms with E-state index in [-0.39, 0.29) is 6.10 Å². The van der Waals surface area contributed by atoms with Crippen LogP contribution in [0.25, 0.3) is 0 Å². The smallest absolute Gasteiger partial charge is 0.115 e. The van der Waals surface area contributed by atoms with Crippen LogP contribution in [0.4, 0.5) is 0 Å². The zero-order chi connectivity index (χ0) is 6.85. The second-order valence-electron chi connectivity index (χ2n) is 2.03. The van der Waals surface area contributed by atoms with E-state index in [4.69, 9.17) is 14.9 Å². The number of rotatable bonds is 1. The standard InChI is InChI=1S/C5H10O3P/c6-3-1-8-4(2-9)5(3)7/h1,3-7H,2,9H2/t3-,4+,5-/m0/s1. The average molecular weight is 149 g/mol. The highest BCUT2D eigenvalue weighted by Crippen LogP contribution is 2.18. The lowest BCUT2D eigenvalue weighted by Crippen LogP contribution is -2.30. The SMILES string of the molecule is O[C@H]1[C@@H](O)[CH]O[C@@H]1CP. The number of hydrogen-bond acceptors (Lipinski definition) is 3. The molecule has 2 N–H and O–H groups in total. The lowest BCUT2D eigenvalue weighted by atomic mass is 10.2. The summed E-state index contributed by atoms with van der Waals surface area (Å²) in [6, 6.07) is 0. The lowest BCUT2D eigenvalue weighted by molar-refractivity contribution is 0.0336. The van der Waals surface area contributed by atoms with Crippen molar-refractivity contribution < 1.29 is 14.9 Å². The lowest BCUT2D eigenvalue weighted by Gasteiger charge is -2.10. The maximum absolute atomic E-state index is 9.04. The number of aliphatic hydroxyl groups excluding tert-OH is 2. The summed E-state index contributed by atoms with van der Waals surface area (Å²) in [6.45, 7) is 1.26. The van der Waals surface area contributed by atoms with Crippen LogP contribution in [-0.4, -0.2) is 34.7 Å². The average Bonchev–Trinajstić information content (AvgIpc) is 2.15. The van der Waals surface area contributed by atoms with Crippen molar-refractivity contribution >= 4 is 9.24 Å². The van der Waals surface area contributed by atoms with E-state index in [9.17, 15) is 0 Å². The van der Waals surface area contributed by atoms with Crippen molar-refractivity contribution in [1.82, 2.24) is 0 Å². The number of ether oxygens (including phenoxy) is 1. The number of aliphatic hydroxyl groups is 2. The van der Waals surface area contributed by atoms with Crippen molar-refractivity contribution in [1.29, 1.82) is 0 Å². The molecule has 4 heteroatoms. The third-order valence-corrected chi connectivity index (χ3v) is 1.82. The Morgan fingerprint density at radius 1 is 1.56 bits per heavy atom. The minimum Gasteiger partial charge on any atom is -0.388 e. The Morgan fingerprint density at radius 3 is 2.44 bits per heavy atom. The second-order valence-corrected chi connectivity index (χ2v) is 2.50. The first-order chi connectivity index (χ1) is 4.25. The molecule has 53 valence electrons. The van der Waals surface area contributed by atoms with Crippen molar-refractivity contribution in [2.24, 2.45) is 0 Å². The molecule has 0 bridgehead atoms. The quantitative estimate of drug-likeness (QED) is 0.477. The molecule has 1 aliphatic rings. The zero-order valence-corrected chi connectivity index (χ0v) is 6.05. The van der Waals surface area contributed by atoms with Crippen LogP contribution >= 0.6 is 9.24 Å². The highest BCUT2D eigenvalue weighted by Gasteiger charge is 2.33. The van der Waals surface area contributed by atoms with Crippen LogP contribution in [0, 0.1) is 6.61 Å². The Labute approximate surface area is 56.2 Å². The minimum absolute atomic E-state index is 0.245. The normalized spacial score (nSPS) is 43.7. The van der Waals surface area contributed by atoms with Gasteiger partial charge in [0.05, 0.1) is 6.10 Å². The van der Waals surface area contributed by atoms with Crippen molar-refractivity contribution in [2.45, 2.75) is 18.3 Å². The van der Waals surface area contributed by atoms with Crippen LogP contribution in [0.3, 0.4) is 0 Å². The minimum atomic E-state index is -0.810. The van der Waals surface area contributed by atoms with E-state index in [1.807, 2.05) is 0 Å². The van der Waals surface area contributed by atoms with E-state index >= 15 is 0 Å². The maximum atomic E-state index is 9.04. The van der Waals surface area contributed by atoms with Crippen LogP contribution in [0.15, 0.2) is 0 Å². The largest absolute Gasteiger partial charge is 0.388 e. The molecule has 0 aliphatic carbocycles. The fourth-order valence-corrected chi connectivity index (χ4v) is 1.15. The van der Waals surface area contributed by atoms with Gasteiger partial charge in [-0.15, -0.1) is 9.24 Å². The summed E-state index contributed by atoms with van der Waals surface area (Å²) in [5, 5.41) is 17.9. The molecule has 1 aliphatic heterocycles. The van der Waals surface area contributed by atoms with Gasteiger partial charge in [0.15, 0.2) is 0 Å². The van der Waals surface area contributed by atoms with Gasteiger partial charge in [-0.05, 0) is 6.16 Å². The molecular formula is C5H10O3P. The van der Waals surface area contributed by atoms with Gasteiger partial charge >= 0.3 is 0 Å². The summed E-state index contributed by atoms with van der Waals surface area (Å²) in [5.74, 6) is 0. The molecular weight excluding hydrogens is 139 g/mol. The molecule has 1 saturated heterocycles. The van der Waals surface area contributed by atoms with E-state index < -0.39 is 12.2 Å². The summed E-state index contributed by atoms with van der Waals surface area (Å²) >= 11 is 0. The van der Waals surface area contributed by atoms with Crippen LogP contribution < -0.4 is 0 Å². The summed E-state index contributed by atoms with van der Waals surface area (Å²) < 4.78 is 4.88. The molecule has 0 aromatic carbocycles. The Morgan fingerprint density at radius 2 is 2.22 bits per heavy atom. The predicted octanol–water partition coefficient (Wildman–Crippen LogP) is -0.856. The summed E-state index contributed by atoms with van der Waals surface area (Å²) in [5.41, 5.74) is 0. The monoisotopic (exact) mass is 149 g/mol. The first-order valence-electron chi connectivity index (χ1n) is 2.80. The molecule has 4 atom stereocenters. The van der Waals surface area contributed by atoms with E-state index in [2.05, 4.69) is 9.24 Å². The van der Waals surface area contributed by atoms with Gasteiger partial charge in [-0.1, -0.05) is 0 Å². The van der Waals surface area contributed by atoms with Gasteiger partial charge in [0.1, 0.15) is 18.8 Å². The van der Waals surface area contributed by atoms with Gasteiger partial charge in [0, 0.05) is 0 Å². The van der Waals surface area contributed by atoms with Gasteiger partial charge < -0.3 is 14.9 Å². The van der Waals surface area contributed by atoms with Crippen molar-refractivity contribution in [3.05, 3.63) is 6.61 Å². The molecule has 0 aromatic heterocycles. The van der Waals surface area contributed by atoms with Gasteiger partial charge in [-0.25, -0.2) is 0 Å². The van der Waals surface area contributed by atoms with Gasteiger partial charge in [-0.3, -0.25) is 0 Å². The molecule has 1 radical (unpaired) electrons. The van der Waals surface area contributed by atoms with Crippen LogP contribution in [0.5, 0.6) is 0 Å².